The van der Waals surface area contributed by atoms with Gasteiger partial charge in [-0.05, 0) is 12.5 Å². The number of nitrogens with zero attached hydrogens (tertiary/aromatic N) is 1. The number of ether oxygens (including phenoxy) is 3. The average Bonchev–Trinajstić information content (AvgIpc) is 2.73. The van der Waals surface area contributed by atoms with Crippen LogP contribution in [0.4, 0.5) is 0 Å². The molecule has 0 radical (unpaired) electrons. The van der Waals surface area contributed by atoms with Gasteiger partial charge in [0, 0.05) is 26.6 Å². The van der Waals surface area contributed by atoms with Crippen LogP contribution >= 0.6 is 0 Å². The minimum Gasteiger partial charge on any atom is -0.382 e. The molecule has 1 aliphatic heterocycles. The zero-order valence-corrected chi connectivity index (χ0v) is 11.1. The molecule has 0 aromatic carbocycles. The summed E-state index contributed by atoms with van der Waals surface area (Å²) in [5.74, 6) is 0.500. The first-order valence-corrected chi connectivity index (χ1v) is 6.40. The number of amides is 1. The van der Waals surface area contributed by atoms with Crippen molar-refractivity contribution in [2.24, 2.45) is 11.7 Å². The number of rotatable bonds is 10. The van der Waals surface area contributed by atoms with Gasteiger partial charge in [-0.1, -0.05) is 0 Å². The van der Waals surface area contributed by atoms with Crippen LogP contribution in [0.2, 0.25) is 0 Å². The zero-order chi connectivity index (χ0) is 13.2. The van der Waals surface area contributed by atoms with Gasteiger partial charge >= 0.3 is 0 Å². The van der Waals surface area contributed by atoms with Gasteiger partial charge in [0.15, 0.2) is 0 Å². The van der Waals surface area contributed by atoms with Crippen molar-refractivity contribution < 1.29 is 19.0 Å². The van der Waals surface area contributed by atoms with E-state index >= 15 is 0 Å². The van der Waals surface area contributed by atoms with Crippen LogP contribution in [0.1, 0.15) is 6.42 Å². The number of hydrogen-bond donors (Lipinski definition) is 1. The van der Waals surface area contributed by atoms with E-state index in [4.69, 9.17) is 19.9 Å². The Labute approximate surface area is 108 Å². The van der Waals surface area contributed by atoms with Crippen molar-refractivity contribution in [3.8, 4) is 0 Å². The lowest BCUT2D eigenvalue weighted by Crippen LogP contribution is -2.30. The molecule has 6 nitrogen and oxygen atoms in total. The molecule has 0 saturated carbocycles. The fourth-order valence-electron chi connectivity index (χ4n) is 1.87. The quantitative estimate of drug-likeness (QED) is 0.535. The van der Waals surface area contributed by atoms with Crippen LogP contribution in [-0.4, -0.2) is 70.6 Å². The lowest BCUT2D eigenvalue weighted by Gasteiger charge is -2.16. The average molecular weight is 260 g/mol. The molecule has 1 heterocycles. The smallest absolute Gasteiger partial charge is 0.223 e. The Balaban J connectivity index is 1.93. The molecule has 0 aromatic rings. The topological polar surface area (TPSA) is 74.0 Å². The molecule has 1 unspecified atom stereocenters. The minimum atomic E-state index is 0.186. The number of hydrogen-bond acceptors (Lipinski definition) is 5. The maximum atomic E-state index is 11.6. The van der Waals surface area contributed by atoms with Crippen molar-refractivity contribution >= 4 is 5.91 Å². The van der Waals surface area contributed by atoms with Crippen molar-refractivity contribution in [3.63, 3.8) is 0 Å². The van der Waals surface area contributed by atoms with Gasteiger partial charge in [0.25, 0.3) is 0 Å². The Kier molecular flexibility index (Phi) is 7.91. The Morgan fingerprint density at radius 1 is 1.22 bits per heavy atom. The third-order valence-corrected chi connectivity index (χ3v) is 2.94. The number of carbonyl (C=O) groups is 1. The molecule has 1 amide bonds. The maximum absolute atomic E-state index is 11.6. The highest BCUT2D eigenvalue weighted by Crippen LogP contribution is 2.15. The summed E-state index contributed by atoms with van der Waals surface area (Å²) >= 11 is 0. The van der Waals surface area contributed by atoms with Crippen LogP contribution in [0.5, 0.6) is 0 Å². The van der Waals surface area contributed by atoms with Gasteiger partial charge < -0.3 is 24.8 Å². The molecular formula is C12H24N2O4. The lowest BCUT2D eigenvalue weighted by molar-refractivity contribution is -0.128. The lowest BCUT2D eigenvalue weighted by atomic mass is 10.1. The molecule has 0 bridgehead atoms. The van der Waals surface area contributed by atoms with Crippen molar-refractivity contribution in [1.29, 1.82) is 0 Å². The van der Waals surface area contributed by atoms with Gasteiger partial charge in [-0.25, -0.2) is 0 Å². The van der Waals surface area contributed by atoms with Gasteiger partial charge in [0.1, 0.15) is 0 Å². The van der Waals surface area contributed by atoms with E-state index in [2.05, 4.69) is 0 Å². The highest BCUT2D eigenvalue weighted by Gasteiger charge is 2.27. The monoisotopic (exact) mass is 260 g/mol. The summed E-state index contributed by atoms with van der Waals surface area (Å²) in [6, 6.07) is 0. The minimum absolute atomic E-state index is 0.186. The number of likely N-dealkylation sites (tertiary alicyclic amines) is 1. The SMILES string of the molecule is COCCOCCOCCN1CC(CN)CC1=O. The van der Waals surface area contributed by atoms with E-state index in [1.165, 1.54) is 0 Å². The van der Waals surface area contributed by atoms with E-state index in [1.54, 1.807) is 7.11 Å². The summed E-state index contributed by atoms with van der Waals surface area (Å²) < 4.78 is 15.5. The van der Waals surface area contributed by atoms with E-state index in [1.807, 2.05) is 4.90 Å². The normalized spacial score (nSPS) is 19.8. The van der Waals surface area contributed by atoms with E-state index in [-0.39, 0.29) is 5.91 Å². The predicted octanol–water partition coefficient (Wildman–Crippen LogP) is -0.527. The molecular weight excluding hydrogens is 236 g/mol. The van der Waals surface area contributed by atoms with E-state index in [0.29, 0.717) is 58.5 Å². The Morgan fingerprint density at radius 3 is 2.50 bits per heavy atom. The highest BCUT2D eigenvalue weighted by atomic mass is 16.5. The van der Waals surface area contributed by atoms with Crippen LogP contribution in [0.25, 0.3) is 0 Å². The van der Waals surface area contributed by atoms with Gasteiger partial charge in [-0.2, -0.15) is 0 Å². The van der Waals surface area contributed by atoms with Crippen LogP contribution in [-0.2, 0) is 19.0 Å². The molecule has 6 heteroatoms. The van der Waals surface area contributed by atoms with Gasteiger partial charge in [-0.15, -0.1) is 0 Å². The number of methoxy groups -OCH3 is 1. The third-order valence-electron chi connectivity index (χ3n) is 2.94. The van der Waals surface area contributed by atoms with Crippen LogP contribution in [0.3, 0.4) is 0 Å². The van der Waals surface area contributed by atoms with Crippen molar-refractivity contribution in [2.45, 2.75) is 6.42 Å². The van der Waals surface area contributed by atoms with E-state index in [9.17, 15) is 4.79 Å². The van der Waals surface area contributed by atoms with Gasteiger partial charge in [-0.3, -0.25) is 4.79 Å². The first kappa shape index (κ1) is 15.4. The molecule has 0 aromatic heterocycles. The summed E-state index contributed by atoms with van der Waals surface area (Å²) in [6.07, 6.45) is 0.580. The van der Waals surface area contributed by atoms with Crippen LogP contribution < -0.4 is 5.73 Å². The van der Waals surface area contributed by atoms with Gasteiger partial charge in [0.05, 0.1) is 33.0 Å². The first-order valence-electron chi connectivity index (χ1n) is 6.40. The van der Waals surface area contributed by atoms with Crippen molar-refractivity contribution in [2.75, 3.05) is 59.8 Å². The molecule has 1 saturated heterocycles. The molecule has 18 heavy (non-hydrogen) atoms. The Morgan fingerprint density at radius 2 is 1.89 bits per heavy atom. The fourth-order valence-corrected chi connectivity index (χ4v) is 1.87. The number of carbonyl (C=O) groups excluding carboxylic acids is 1. The molecule has 1 fully saturated rings. The Hall–Kier alpha value is -0.690. The third kappa shape index (κ3) is 5.77. The summed E-state index contributed by atoms with van der Waals surface area (Å²) in [7, 11) is 1.64. The molecule has 1 atom stereocenters. The second-order valence-electron chi connectivity index (χ2n) is 4.36. The second kappa shape index (κ2) is 9.27. The summed E-state index contributed by atoms with van der Waals surface area (Å²) in [5, 5.41) is 0. The largest absolute Gasteiger partial charge is 0.382 e. The predicted molar refractivity (Wildman–Crippen MR) is 67.3 cm³/mol. The van der Waals surface area contributed by atoms with Crippen molar-refractivity contribution in [1.82, 2.24) is 4.90 Å². The highest BCUT2D eigenvalue weighted by molar-refractivity contribution is 5.78. The molecule has 0 aliphatic carbocycles. The number of nitrogens with two attached hydrogens (primary N) is 1. The zero-order valence-electron chi connectivity index (χ0n) is 11.1. The fraction of sp³-hybridized carbons (Fsp3) is 0.917. The summed E-state index contributed by atoms with van der Waals surface area (Å²) in [4.78, 5) is 13.4. The summed E-state index contributed by atoms with van der Waals surface area (Å²) in [5.41, 5.74) is 5.56. The Bertz CT molecular complexity index is 238. The standard InChI is InChI=1S/C12H24N2O4/c1-16-4-5-18-7-6-17-3-2-14-10-11(9-13)8-12(14)15/h11H,2-10,13H2,1H3. The van der Waals surface area contributed by atoms with Crippen LogP contribution in [0, 0.1) is 5.92 Å². The van der Waals surface area contributed by atoms with Gasteiger partial charge in [0.2, 0.25) is 5.91 Å². The van der Waals surface area contributed by atoms with E-state index in [0.717, 1.165) is 6.54 Å². The summed E-state index contributed by atoms with van der Waals surface area (Å²) in [6.45, 7) is 4.84. The molecule has 1 aliphatic rings. The van der Waals surface area contributed by atoms with Crippen molar-refractivity contribution in [3.05, 3.63) is 0 Å². The van der Waals surface area contributed by atoms with Crippen LogP contribution in [0.15, 0.2) is 0 Å². The molecule has 0 spiro atoms. The molecule has 106 valence electrons. The van der Waals surface area contributed by atoms with E-state index < -0.39 is 0 Å². The first-order chi connectivity index (χ1) is 8.77. The molecule has 1 rings (SSSR count). The molecule has 2 N–H and O–H groups in total. The second-order valence-corrected chi connectivity index (χ2v) is 4.36. The maximum Gasteiger partial charge on any atom is 0.223 e.